The summed E-state index contributed by atoms with van der Waals surface area (Å²) in [5.41, 5.74) is 1.02. The Balaban J connectivity index is 1.57. The molecule has 3 atom stereocenters. The molecule has 4 rings (SSSR count). The zero-order valence-corrected chi connectivity index (χ0v) is 15.0. The minimum absolute atomic E-state index is 0.0287. The van der Waals surface area contributed by atoms with Gasteiger partial charge in [0.05, 0.1) is 17.4 Å². The minimum Gasteiger partial charge on any atom is -0.381 e. The summed E-state index contributed by atoms with van der Waals surface area (Å²) in [5.74, 6) is 1.91. The van der Waals surface area contributed by atoms with Crippen molar-refractivity contribution in [2.75, 3.05) is 13.2 Å². The summed E-state index contributed by atoms with van der Waals surface area (Å²) in [4.78, 5) is 4.73. The number of rotatable bonds is 4. The highest BCUT2D eigenvalue weighted by atomic mass is 32.2. The lowest BCUT2D eigenvalue weighted by Crippen LogP contribution is -2.11. The first-order valence-corrected chi connectivity index (χ1v) is 9.87. The van der Waals surface area contributed by atoms with Crippen LogP contribution >= 0.6 is 0 Å². The molecule has 2 aliphatic rings. The lowest BCUT2D eigenvalue weighted by atomic mass is 10.0. The first-order valence-electron chi connectivity index (χ1n) is 8.32. The van der Waals surface area contributed by atoms with Crippen molar-refractivity contribution in [1.82, 2.24) is 10.1 Å². The number of benzene rings is 1. The van der Waals surface area contributed by atoms with Crippen LogP contribution in [-0.4, -0.2) is 31.8 Å². The second-order valence-electron chi connectivity index (χ2n) is 7.44. The van der Waals surface area contributed by atoms with Crippen molar-refractivity contribution < 1.29 is 17.7 Å². The average Bonchev–Trinajstić information content (AvgIpc) is 3.03. The normalized spacial score (nSPS) is 28.2. The van der Waals surface area contributed by atoms with Crippen molar-refractivity contribution >= 4 is 10.0 Å². The van der Waals surface area contributed by atoms with Crippen LogP contribution in [0.15, 0.2) is 33.7 Å². The Labute approximate surface area is 146 Å². The third-order valence-corrected chi connectivity index (χ3v) is 6.34. The van der Waals surface area contributed by atoms with Gasteiger partial charge in [-0.3, -0.25) is 0 Å². The molecule has 1 aromatic carbocycles. The summed E-state index contributed by atoms with van der Waals surface area (Å²) in [6, 6.07) is 6.72. The number of nitrogens with zero attached hydrogens (tertiary/aromatic N) is 2. The van der Waals surface area contributed by atoms with E-state index in [1.165, 1.54) is 0 Å². The maximum atomic E-state index is 11.4. The zero-order chi connectivity index (χ0) is 17.8. The van der Waals surface area contributed by atoms with Crippen LogP contribution in [0.25, 0.3) is 0 Å². The number of ether oxygens (including phenoxy) is 1. The highest BCUT2D eigenvalue weighted by Crippen LogP contribution is 2.69. The molecule has 7 nitrogen and oxygen atoms in total. The topological polar surface area (TPSA) is 108 Å². The quantitative estimate of drug-likeness (QED) is 0.891. The first-order chi connectivity index (χ1) is 11.8. The number of hydrogen-bond acceptors (Lipinski definition) is 6. The van der Waals surface area contributed by atoms with E-state index in [4.69, 9.17) is 14.4 Å². The fourth-order valence-electron chi connectivity index (χ4n) is 3.86. The molecule has 2 N–H and O–H groups in total. The molecule has 1 saturated carbocycles. The zero-order valence-electron chi connectivity index (χ0n) is 14.2. The highest BCUT2D eigenvalue weighted by Gasteiger charge is 2.62. The molecule has 0 spiro atoms. The highest BCUT2D eigenvalue weighted by molar-refractivity contribution is 7.89. The molecule has 1 aromatic heterocycles. The predicted octanol–water partition coefficient (Wildman–Crippen LogP) is 2.13. The van der Waals surface area contributed by atoms with Crippen LogP contribution in [0, 0.1) is 5.41 Å². The summed E-state index contributed by atoms with van der Waals surface area (Å²) in [6.07, 6.45) is 0.922. The lowest BCUT2D eigenvalue weighted by molar-refractivity contribution is 0.192. The van der Waals surface area contributed by atoms with Crippen LogP contribution in [-0.2, 0) is 14.8 Å². The van der Waals surface area contributed by atoms with E-state index in [0.29, 0.717) is 12.5 Å². The van der Waals surface area contributed by atoms with Crippen molar-refractivity contribution in [3.63, 3.8) is 0 Å². The molecule has 2 heterocycles. The van der Waals surface area contributed by atoms with Crippen LogP contribution in [0.3, 0.4) is 0 Å². The van der Waals surface area contributed by atoms with Gasteiger partial charge in [0.1, 0.15) is 0 Å². The Morgan fingerprint density at radius 3 is 2.52 bits per heavy atom. The SMILES string of the molecule is CC1(C)[C@H](c2ccc(S(N)(=O)=O)cc2)[C@H]1c1nc(C2CCOC2)no1. The molecular weight excluding hydrogens is 342 g/mol. The summed E-state index contributed by atoms with van der Waals surface area (Å²) in [5, 5.41) is 9.30. The first kappa shape index (κ1) is 16.7. The molecule has 0 bridgehead atoms. The Morgan fingerprint density at radius 1 is 1.20 bits per heavy atom. The molecule has 2 fully saturated rings. The summed E-state index contributed by atoms with van der Waals surface area (Å²) >= 11 is 0. The van der Waals surface area contributed by atoms with Crippen molar-refractivity contribution in [2.45, 2.75) is 42.9 Å². The predicted molar refractivity (Wildman–Crippen MR) is 89.6 cm³/mol. The van der Waals surface area contributed by atoms with Crippen LogP contribution in [0.2, 0.25) is 0 Å². The van der Waals surface area contributed by atoms with E-state index in [1.54, 1.807) is 12.1 Å². The smallest absolute Gasteiger partial charge is 0.238 e. The standard InChI is InChI=1S/C17H21N3O4S/c1-17(2)13(10-3-5-12(6-4-10)25(18,21)22)14(17)16-19-15(20-24-16)11-7-8-23-9-11/h3-6,11,13-14H,7-9H2,1-2H3,(H2,18,21,22)/t11?,13-,14+/m1/s1. The van der Waals surface area contributed by atoms with Gasteiger partial charge in [0.25, 0.3) is 0 Å². The average molecular weight is 363 g/mol. The van der Waals surface area contributed by atoms with Gasteiger partial charge in [-0.2, -0.15) is 4.98 Å². The van der Waals surface area contributed by atoms with Gasteiger partial charge >= 0.3 is 0 Å². The van der Waals surface area contributed by atoms with Crippen LogP contribution in [0.5, 0.6) is 0 Å². The Morgan fingerprint density at radius 2 is 1.92 bits per heavy atom. The molecule has 1 aliphatic heterocycles. The molecule has 0 radical (unpaired) electrons. The Kier molecular flexibility index (Phi) is 3.75. The van der Waals surface area contributed by atoms with Crippen molar-refractivity contribution in [3.05, 3.63) is 41.5 Å². The largest absolute Gasteiger partial charge is 0.381 e. The number of hydrogen-bond donors (Lipinski definition) is 1. The molecule has 134 valence electrons. The molecule has 25 heavy (non-hydrogen) atoms. The monoisotopic (exact) mass is 363 g/mol. The van der Waals surface area contributed by atoms with E-state index >= 15 is 0 Å². The summed E-state index contributed by atoms with van der Waals surface area (Å²) in [6.45, 7) is 5.69. The van der Waals surface area contributed by atoms with Gasteiger partial charge in [0, 0.05) is 18.4 Å². The summed E-state index contributed by atoms with van der Waals surface area (Å²) < 4.78 is 33.7. The van der Waals surface area contributed by atoms with Crippen LogP contribution in [0.1, 0.15) is 55.3 Å². The van der Waals surface area contributed by atoms with E-state index in [2.05, 4.69) is 24.0 Å². The Bertz CT molecular complexity index is 883. The summed E-state index contributed by atoms with van der Waals surface area (Å²) in [7, 11) is -3.68. The fraction of sp³-hybridized carbons (Fsp3) is 0.529. The molecule has 8 heteroatoms. The number of primary sulfonamides is 1. The second kappa shape index (κ2) is 5.62. The lowest BCUT2D eigenvalue weighted by Gasteiger charge is -2.04. The van der Waals surface area contributed by atoms with Crippen molar-refractivity contribution in [1.29, 1.82) is 0 Å². The van der Waals surface area contributed by atoms with Gasteiger partial charge in [0.15, 0.2) is 5.82 Å². The van der Waals surface area contributed by atoms with Crippen LogP contribution in [0.4, 0.5) is 0 Å². The molecule has 1 aliphatic carbocycles. The van der Waals surface area contributed by atoms with Crippen molar-refractivity contribution in [3.8, 4) is 0 Å². The molecule has 2 aromatic rings. The van der Waals surface area contributed by atoms with E-state index in [0.717, 1.165) is 24.4 Å². The maximum Gasteiger partial charge on any atom is 0.238 e. The third kappa shape index (κ3) is 2.88. The van der Waals surface area contributed by atoms with Gasteiger partial charge < -0.3 is 9.26 Å². The third-order valence-electron chi connectivity index (χ3n) is 5.41. The minimum atomic E-state index is -3.68. The van der Waals surface area contributed by atoms with Gasteiger partial charge in [-0.1, -0.05) is 31.1 Å². The van der Waals surface area contributed by atoms with Gasteiger partial charge in [-0.05, 0) is 29.5 Å². The van der Waals surface area contributed by atoms with Gasteiger partial charge in [0.2, 0.25) is 15.9 Å². The van der Waals surface area contributed by atoms with E-state index in [9.17, 15) is 8.42 Å². The maximum absolute atomic E-state index is 11.4. The molecular formula is C17H21N3O4S. The molecule has 0 amide bonds. The molecule has 1 unspecified atom stereocenters. The van der Waals surface area contributed by atoms with Gasteiger partial charge in [-0.15, -0.1) is 0 Å². The number of sulfonamides is 1. The van der Waals surface area contributed by atoms with E-state index in [1.807, 2.05) is 12.1 Å². The molecule has 1 saturated heterocycles. The van der Waals surface area contributed by atoms with Crippen LogP contribution < -0.4 is 5.14 Å². The number of aromatic nitrogens is 2. The fourth-order valence-corrected chi connectivity index (χ4v) is 4.38. The number of nitrogens with two attached hydrogens (primary N) is 1. The van der Waals surface area contributed by atoms with Gasteiger partial charge in [-0.25, -0.2) is 13.6 Å². The van der Waals surface area contributed by atoms with E-state index < -0.39 is 10.0 Å². The van der Waals surface area contributed by atoms with E-state index in [-0.39, 0.29) is 28.1 Å². The van der Waals surface area contributed by atoms with Crippen molar-refractivity contribution in [2.24, 2.45) is 10.6 Å². The Hall–Kier alpha value is -1.77. The second-order valence-corrected chi connectivity index (χ2v) is 9.00.